The molecule has 2 aromatic carbocycles. The Bertz CT molecular complexity index is 867. The minimum absolute atomic E-state index is 0.154. The van der Waals surface area contributed by atoms with Crippen molar-refractivity contribution in [3.63, 3.8) is 0 Å². The summed E-state index contributed by atoms with van der Waals surface area (Å²) in [5.41, 5.74) is 1.56. The van der Waals surface area contributed by atoms with Crippen molar-refractivity contribution >= 4 is 16.9 Å². The number of carbonyl (C=O) groups excluding carboxylic acids is 1. The van der Waals surface area contributed by atoms with Crippen LogP contribution in [0.4, 0.5) is 0 Å². The van der Waals surface area contributed by atoms with Crippen LogP contribution in [0.25, 0.3) is 11.0 Å². The first-order valence-corrected chi connectivity index (χ1v) is 8.22. The van der Waals surface area contributed by atoms with E-state index in [4.69, 9.17) is 13.9 Å². The summed E-state index contributed by atoms with van der Waals surface area (Å²) in [6, 6.07) is 14.8. The van der Waals surface area contributed by atoms with Crippen molar-refractivity contribution in [1.82, 2.24) is 5.32 Å². The van der Waals surface area contributed by atoms with E-state index in [1.165, 1.54) is 0 Å². The van der Waals surface area contributed by atoms with Crippen LogP contribution in [0.1, 0.15) is 36.0 Å². The number of rotatable bonds is 6. The lowest BCUT2D eigenvalue weighted by Crippen LogP contribution is -2.26. The number of furan rings is 1. The van der Waals surface area contributed by atoms with Crippen molar-refractivity contribution in [3.8, 4) is 11.5 Å². The number of nitrogens with one attached hydrogen (secondary N) is 1. The molecule has 5 heteroatoms. The molecule has 1 amide bonds. The van der Waals surface area contributed by atoms with Crippen molar-refractivity contribution in [1.29, 1.82) is 0 Å². The highest BCUT2D eigenvalue weighted by Crippen LogP contribution is 2.28. The monoisotopic (exact) mass is 339 g/mol. The Balaban J connectivity index is 1.75. The van der Waals surface area contributed by atoms with Gasteiger partial charge in [-0.05, 0) is 43.7 Å². The molecule has 1 aromatic heterocycles. The van der Waals surface area contributed by atoms with Gasteiger partial charge in [0.25, 0.3) is 5.91 Å². The van der Waals surface area contributed by atoms with E-state index in [2.05, 4.69) is 5.32 Å². The minimum atomic E-state index is -0.264. The Hall–Kier alpha value is -2.95. The van der Waals surface area contributed by atoms with Gasteiger partial charge in [-0.15, -0.1) is 0 Å². The van der Waals surface area contributed by atoms with Gasteiger partial charge >= 0.3 is 0 Å². The van der Waals surface area contributed by atoms with Crippen LogP contribution in [0.2, 0.25) is 0 Å². The van der Waals surface area contributed by atoms with Crippen molar-refractivity contribution in [3.05, 3.63) is 59.9 Å². The third kappa shape index (κ3) is 3.60. The molecule has 0 aliphatic rings. The van der Waals surface area contributed by atoms with Crippen LogP contribution in [-0.2, 0) is 0 Å². The van der Waals surface area contributed by atoms with E-state index in [0.717, 1.165) is 16.7 Å². The normalized spacial score (nSPS) is 12.0. The predicted molar refractivity (Wildman–Crippen MR) is 96.3 cm³/mol. The Morgan fingerprint density at radius 2 is 1.96 bits per heavy atom. The predicted octanol–water partition coefficient (Wildman–Crippen LogP) is 4.33. The molecule has 0 spiro atoms. The molecular formula is C20H21NO4. The van der Waals surface area contributed by atoms with Gasteiger partial charge in [-0.25, -0.2) is 0 Å². The third-order valence-corrected chi connectivity index (χ3v) is 3.99. The molecule has 130 valence electrons. The number of fused-ring (bicyclic) bond motifs is 1. The van der Waals surface area contributed by atoms with E-state index < -0.39 is 0 Å². The number of ether oxygens (including phenoxy) is 2. The Morgan fingerprint density at radius 1 is 1.20 bits per heavy atom. The molecular weight excluding hydrogens is 318 g/mol. The number of hydrogen-bond acceptors (Lipinski definition) is 4. The summed E-state index contributed by atoms with van der Waals surface area (Å²) < 4.78 is 16.4. The number of benzene rings is 2. The minimum Gasteiger partial charge on any atom is -0.494 e. The summed E-state index contributed by atoms with van der Waals surface area (Å²) in [4.78, 5) is 12.5. The maximum absolute atomic E-state index is 12.5. The molecule has 0 aliphatic carbocycles. The number of para-hydroxylation sites is 1. The molecule has 0 saturated carbocycles. The molecule has 1 heterocycles. The highest BCUT2D eigenvalue weighted by Gasteiger charge is 2.17. The van der Waals surface area contributed by atoms with E-state index in [-0.39, 0.29) is 17.7 Å². The number of hydrogen-bond donors (Lipinski definition) is 1. The van der Waals surface area contributed by atoms with Crippen molar-refractivity contribution in [2.24, 2.45) is 0 Å². The van der Waals surface area contributed by atoms with Gasteiger partial charge in [-0.1, -0.05) is 24.3 Å². The SMILES string of the molecule is CCOc1ccc([C@@H](C)NC(=O)c2cc3cccc(OC)c3o2)cc1. The number of amides is 1. The van der Waals surface area contributed by atoms with E-state index in [9.17, 15) is 4.79 Å². The maximum atomic E-state index is 12.5. The smallest absolute Gasteiger partial charge is 0.287 e. The van der Waals surface area contributed by atoms with Crippen LogP contribution >= 0.6 is 0 Å². The quantitative estimate of drug-likeness (QED) is 0.726. The lowest BCUT2D eigenvalue weighted by Gasteiger charge is -2.14. The Labute approximate surface area is 146 Å². The summed E-state index contributed by atoms with van der Waals surface area (Å²) in [5.74, 6) is 1.42. The summed E-state index contributed by atoms with van der Waals surface area (Å²) in [6.07, 6.45) is 0. The first-order chi connectivity index (χ1) is 12.1. The standard InChI is InChI=1S/C20H21NO4/c1-4-24-16-10-8-14(9-11-16)13(2)21-20(22)18-12-15-6-5-7-17(23-3)19(15)25-18/h5-13H,4H2,1-3H3,(H,21,22)/t13-/m1/s1. The van der Waals surface area contributed by atoms with Gasteiger partial charge in [0.05, 0.1) is 19.8 Å². The number of carbonyl (C=O) groups is 1. The average Bonchev–Trinajstić information content (AvgIpc) is 3.07. The second-order valence-corrected chi connectivity index (χ2v) is 5.69. The van der Waals surface area contributed by atoms with E-state index in [0.29, 0.717) is 17.9 Å². The van der Waals surface area contributed by atoms with Gasteiger partial charge in [0, 0.05) is 5.39 Å². The summed E-state index contributed by atoms with van der Waals surface area (Å²) in [7, 11) is 1.57. The van der Waals surface area contributed by atoms with Crippen LogP contribution in [0.15, 0.2) is 52.9 Å². The second kappa shape index (κ2) is 7.30. The highest BCUT2D eigenvalue weighted by molar-refractivity contribution is 5.97. The molecule has 1 atom stereocenters. The topological polar surface area (TPSA) is 60.7 Å². The second-order valence-electron chi connectivity index (χ2n) is 5.69. The van der Waals surface area contributed by atoms with Gasteiger partial charge in [-0.3, -0.25) is 4.79 Å². The van der Waals surface area contributed by atoms with Gasteiger partial charge in [0.2, 0.25) is 0 Å². The first kappa shape index (κ1) is 16.9. The fourth-order valence-corrected chi connectivity index (χ4v) is 2.68. The zero-order valence-corrected chi connectivity index (χ0v) is 14.5. The summed E-state index contributed by atoms with van der Waals surface area (Å²) >= 11 is 0. The van der Waals surface area contributed by atoms with Crippen LogP contribution < -0.4 is 14.8 Å². The molecule has 0 aliphatic heterocycles. The van der Waals surface area contributed by atoms with E-state index in [1.54, 1.807) is 19.2 Å². The summed E-state index contributed by atoms with van der Waals surface area (Å²) in [5, 5.41) is 3.78. The largest absolute Gasteiger partial charge is 0.494 e. The molecule has 0 bridgehead atoms. The third-order valence-electron chi connectivity index (χ3n) is 3.99. The molecule has 1 N–H and O–H groups in total. The molecule has 0 fully saturated rings. The van der Waals surface area contributed by atoms with Crippen LogP contribution in [-0.4, -0.2) is 19.6 Å². The molecule has 3 aromatic rings. The average molecular weight is 339 g/mol. The first-order valence-electron chi connectivity index (χ1n) is 8.22. The molecule has 0 unspecified atom stereocenters. The van der Waals surface area contributed by atoms with Gasteiger partial charge < -0.3 is 19.2 Å². The van der Waals surface area contributed by atoms with E-state index >= 15 is 0 Å². The molecule has 0 saturated heterocycles. The van der Waals surface area contributed by atoms with Gasteiger partial charge in [0.1, 0.15) is 5.75 Å². The van der Waals surface area contributed by atoms with Gasteiger partial charge in [0.15, 0.2) is 17.1 Å². The highest BCUT2D eigenvalue weighted by atomic mass is 16.5. The van der Waals surface area contributed by atoms with Crippen molar-refractivity contribution < 1.29 is 18.7 Å². The zero-order valence-electron chi connectivity index (χ0n) is 14.5. The molecule has 3 rings (SSSR count). The zero-order chi connectivity index (χ0) is 17.8. The number of methoxy groups -OCH3 is 1. The summed E-state index contributed by atoms with van der Waals surface area (Å²) in [6.45, 7) is 4.50. The van der Waals surface area contributed by atoms with Crippen LogP contribution in [0, 0.1) is 0 Å². The van der Waals surface area contributed by atoms with E-state index in [1.807, 2.05) is 50.2 Å². The van der Waals surface area contributed by atoms with Crippen molar-refractivity contribution in [2.75, 3.05) is 13.7 Å². The van der Waals surface area contributed by atoms with Crippen LogP contribution in [0.3, 0.4) is 0 Å². The molecule has 5 nitrogen and oxygen atoms in total. The maximum Gasteiger partial charge on any atom is 0.287 e. The van der Waals surface area contributed by atoms with Crippen molar-refractivity contribution in [2.45, 2.75) is 19.9 Å². The molecule has 25 heavy (non-hydrogen) atoms. The van der Waals surface area contributed by atoms with Crippen LogP contribution in [0.5, 0.6) is 11.5 Å². The van der Waals surface area contributed by atoms with Gasteiger partial charge in [-0.2, -0.15) is 0 Å². The Kier molecular flexibility index (Phi) is 4.93. The Morgan fingerprint density at radius 3 is 2.64 bits per heavy atom. The fraction of sp³-hybridized carbons (Fsp3) is 0.250. The molecule has 0 radical (unpaired) electrons. The fourth-order valence-electron chi connectivity index (χ4n) is 2.68. The lowest BCUT2D eigenvalue weighted by atomic mass is 10.1. The lowest BCUT2D eigenvalue weighted by molar-refractivity contribution is 0.0914.